The van der Waals surface area contributed by atoms with Crippen LogP contribution in [0.4, 0.5) is 23.2 Å². The summed E-state index contributed by atoms with van der Waals surface area (Å²) >= 11 is 0. The molecule has 0 aromatic heterocycles. The van der Waals surface area contributed by atoms with Crippen molar-refractivity contribution in [2.75, 3.05) is 25.5 Å². The van der Waals surface area contributed by atoms with Gasteiger partial charge in [0.25, 0.3) is 0 Å². The Morgan fingerprint density at radius 2 is 1.52 bits per heavy atom. The molecule has 1 unspecified atom stereocenters. The highest BCUT2D eigenvalue weighted by molar-refractivity contribution is 7.89. The zero-order chi connectivity index (χ0) is 33.3. The van der Waals surface area contributed by atoms with E-state index in [0.29, 0.717) is 23.9 Å². The Morgan fingerprint density at radius 1 is 0.848 bits per heavy atom. The van der Waals surface area contributed by atoms with E-state index in [-0.39, 0.29) is 47.5 Å². The number of hydrogen-bond acceptors (Lipinski definition) is 5. The molecule has 0 saturated carbocycles. The van der Waals surface area contributed by atoms with Gasteiger partial charge >= 0.3 is 0 Å². The molecule has 0 aliphatic carbocycles. The average molecular weight is 658 g/mol. The van der Waals surface area contributed by atoms with E-state index in [1.807, 2.05) is 6.92 Å². The maximum Gasteiger partial charge on any atom is 0.240 e. The molecular weight excluding hydrogens is 622 g/mol. The highest BCUT2D eigenvalue weighted by Crippen LogP contribution is 2.31. The smallest absolute Gasteiger partial charge is 0.240 e. The second-order valence-electron chi connectivity index (χ2n) is 10.7. The largest absolute Gasteiger partial charge is 0.497 e. The molecule has 1 amide bonds. The summed E-state index contributed by atoms with van der Waals surface area (Å²) in [5, 5.41) is 5.82. The Kier molecular flexibility index (Phi) is 11.9. The lowest BCUT2D eigenvalue weighted by molar-refractivity contribution is -0.116. The lowest BCUT2D eigenvalue weighted by Gasteiger charge is -2.21. The molecule has 0 aliphatic heterocycles. The standard InChI is InChI=1S/C34H35F4N3O4S/c1-3-39-21-27(41-46(43,44)29-14-12-28(45-2)13-15-29)11-16-30-32(38)5-4-6-33(30)40-34(42)20-31(22-7-9-24(35)10-8-22)23-17-25(36)19-26(37)18-23/h4-10,12-15,17-19,27,31,39,41H,3,11,16,20-21H2,1-2H3,(H,40,42)/t27-,31?/m0/s1. The lowest BCUT2D eigenvalue weighted by Crippen LogP contribution is -2.42. The van der Waals surface area contributed by atoms with E-state index in [1.54, 1.807) is 0 Å². The summed E-state index contributed by atoms with van der Waals surface area (Å²) in [6.45, 7) is 2.72. The predicted molar refractivity (Wildman–Crippen MR) is 168 cm³/mol. The molecule has 4 rings (SSSR count). The van der Waals surface area contributed by atoms with Crippen LogP contribution in [-0.2, 0) is 21.2 Å². The van der Waals surface area contributed by atoms with E-state index in [9.17, 15) is 26.4 Å². The molecule has 2 atom stereocenters. The minimum Gasteiger partial charge on any atom is -0.497 e. The van der Waals surface area contributed by atoms with Gasteiger partial charge in [0.2, 0.25) is 15.9 Å². The highest BCUT2D eigenvalue weighted by Gasteiger charge is 2.24. The number of nitrogens with one attached hydrogen (secondary N) is 3. The van der Waals surface area contributed by atoms with Gasteiger partial charge in [0.05, 0.1) is 12.0 Å². The Bertz CT molecular complexity index is 1720. The summed E-state index contributed by atoms with van der Waals surface area (Å²) in [5.41, 5.74) is 0.968. The van der Waals surface area contributed by atoms with E-state index in [0.717, 1.165) is 12.1 Å². The van der Waals surface area contributed by atoms with Crippen LogP contribution in [0.2, 0.25) is 0 Å². The fourth-order valence-corrected chi connectivity index (χ4v) is 6.37. The van der Waals surface area contributed by atoms with Gasteiger partial charge in [-0.3, -0.25) is 4.79 Å². The van der Waals surface area contributed by atoms with Crippen LogP contribution in [0.15, 0.2) is 89.8 Å². The zero-order valence-electron chi connectivity index (χ0n) is 25.3. The van der Waals surface area contributed by atoms with Gasteiger partial charge in [0.15, 0.2) is 0 Å². The van der Waals surface area contributed by atoms with Crippen LogP contribution in [0.5, 0.6) is 5.75 Å². The molecule has 0 radical (unpaired) electrons. The van der Waals surface area contributed by atoms with Gasteiger partial charge in [-0.2, -0.15) is 0 Å². The Labute approximate surface area is 266 Å². The average Bonchev–Trinajstić information content (AvgIpc) is 3.02. The molecule has 0 heterocycles. The summed E-state index contributed by atoms with van der Waals surface area (Å²) in [6, 6.07) is 17.6. The molecule has 4 aromatic carbocycles. The summed E-state index contributed by atoms with van der Waals surface area (Å²) in [4.78, 5) is 13.4. The number of ether oxygens (including phenoxy) is 1. The molecule has 244 valence electrons. The molecule has 0 fully saturated rings. The fourth-order valence-electron chi connectivity index (χ4n) is 5.10. The van der Waals surface area contributed by atoms with Gasteiger partial charge < -0.3 is 15.4 Å². The van der Waals surface area contributed by atoms with E-state index in [2.05, 4.69) is 15.4 Å². The van der Waals surface area contributed by atoms with Crippen LogP contribution in [0.25, 0.3) is 0 Å². The van der Waals surface area contributed by atoms with Crippen LogP contribution < -0.4 is 20.1 Å². The molecule has 0 saturated heterocycles. The molecule has 46 heavy (non-hydrogen) atoms. The number of carbonyl (C=O) groups excluding carboxylic acids is 1. The van der Waals surface area contributed by atoms with Gasteiger partial charge in [-0.1, -0.05) is 25.1 Å². The van der Waals surface area contributed by atoms with Gasteiger partial charge in [0.1, 0.15) is 29.0 Å². The number of hydrogen-bond donors (Lipinski definition) is 3. The van der Waals surface area contributed by atoms with Crippen molar-refractivity contribution in [1.29, 1.82) is 0 Å². The van der Waals surface area contributed by atoms with Crippen molar-refractivity contribution in [1.82, 2.24) is 10.0 Å². The SMILES string of the molecule is CCNC[C@H](CCc1c(F)cccc1NC(=O)CC(c1ccc(F)cc1)c1cc(F)cc(F)c1)NS(=O)(=O)c1ccc(OC)cc1. The minimum atomic E-state index is -3.92. The molecule has 12 heteroatoms. The number of anilines is 1. The summed E-state index contributed by atoms with van der Waals surface area (Å²) in [5.74, 6) is -3.67. The lowest BCUT2D eigenvalue weighted by atomic mass is 9.88. The summed E-state index contributed by atoms with van der Waals surface area (Å²) in [6.07, 6.45) is -0.0257. The van der Waals surface area contributed by atoms with Crippen molar-refractivity contribution in [2.45, 2.75) is 43.0 Å². The van der Waals surface area contributed by atoms with Gasteiger partial charge in [0, 0.05) is 42.2 Å². The van der Waals surface area contributed by atoms with Crippen LogP contribution in [0.1, 0.15) is 42.4 Å². The third-order valence-electron chi connectivity index (χ3n) is 7.42. The van der Waals surface area contributed by atoms with Gasteiger partial charge in [-0.05, 0) is 91.2 Å². The number of benzene rings is 4. The number of likely N-dealkylation sites (N-methyl/N-ethyl adjacent to an activating group) is 1. The van der Waals surface area contributed by atoms with Crippen LogP contribution in [0.3, 0.4) is 0 Å². The second kappa shape index (κ2) is 15.8. The minimum absolute atomic E-state index is 0.0440. The number of halogens is 4. The molecule has 0 aliphatic rings. The molecule has 0 bridgehead atoms. The van der Waals surface area contributed by atoms with Crippen LogP contribution in [-0.4, -0.2) is 40.6 Å². The van der Waals surface area contributed by atoms with Crippen LogP contribution in [0, 0.1) is 23.3 Å². The molecule has 7 nitrogen and oxygen atoms in total. The third-order valence-corrected chi connectivity index (χ3v) is 8.95. The van der Waals surface area contributed by atoms with Crippen molar-refractivity contribution in [3.8, 4) is 5.75 Å². The molecular formula is C34H35F4N3O4S. The first-order chi connectivity index (χ1) is 22.0. The van der Waals surface area contributed by atoms with Crippen molar-refractivity contribution >= 4 is 21.6 Å². The van der Waals surface area contributed by atoms with E-state index in [4.69, 9.17) is 4.74 Å². The second-order valence-corrected chi connectivity index (χ2v) is 12.4. The third kappa shape index (κ3) is 9.38. The summed E-state index contributed by atoms with van der Waals surface area (Å²) in [7, 11) is -2.44. The monoisotopic (exact) mass is 657 g/mol. The van der Waals surface area contributed by atoms with Crippen molar-refractivity contribution in [3.05, 3.63) is 125 Å². The Hall–Kier alpha value is -4.26. The number of methoxy groups -OCH3 is 1. The topological polar surface area (TPSA) is 96.5 Å². The number of amides is 1. The van der Waals surface area contributed by atoms with E-state index >= 15 is 4.39 Å². The predicted octanol–water partition coefficient (Wildman–Crippen LogP) is 6.30. The number of sulfonamides is 1. The zero-order valence-corrected chi connectivity index (χ0v) is 26.1. The molecule has 3 N–H and O–H groups in total. The van der Waals surface area contributed by atoms with E-state index in [1.165, 1.54) is 73.8 Å². The molecule has 4 aromatic rings. The van der Waals surface area contributed by atoms with Crippen molar-refractivity contribution < 1.29 is 35.5 Å². The number of carbonyl (C=O) groups is 1. The maximum atomic E-state index is 15.2. The first-order valence-electron chi connectivity index (χ1n) is 14.6. The number of rotatable bonds is 15. The van der Waals surface area contributed by atoms with E-state index < -0.39 is 51.2 Å². The first-order valence-corrected chi connectivity index (χ1v) is 16.1. The quantitative estimate of drug-likeness (QED) is 0.131. The van der Waals surface area contributed by atoms with Crippen molar-refractivity contribution in [3.63, 3.8) is 0 Å². The Morgan fingerprint density at radius 3 is 2.15 bits per heavy atom. The van der Waals surface area contributed by atoms with Gasteiger partial charge in [-0.25, -0.2) is 30.7 Å². The van der Waals surface area contributed by atoms with Gasteiger partial charge in [-0.15, -0.1) is 0 Å². The first kappa shape index (κ1) is 34.6. The normalized spacial score (nSPS) is 12.8. The molecule has 0 spiro atoms. The van der Waals surface area contributed by atoms with Crippen molar-refractivity contribution in [2.24, 2.45) is 0 Å². The van der Waals surface area contributed by atoms with Crippen LogP contribution >= 0.6 is 0 Å². The maximum absolute atomic E-state index is 15.2. The Balaban J connectivity index is 1.53. The highest BCUT2D eigenvalue weighted by atomic mass is 32.2. The fraction of sp³-hybridized carbons (Fsp3) is 0.265. The summed E-state index contributed by atoms with van der Waals surface area (Å²) < 4.78 is 91.0.